The van der Waals surface area contributed by atoms with Crippen LogP contribution < -0.4 is 10.6 Å². The Morgan fingerprint density at radius 2 is 1.97 bits per heavy atom. The molecule has 0 spiro atoms. The molecule has 0 bridgehead atoms. The molecule has 0 radical (unpaired) electrons. The molecule has 1 heterocycles. The molecule has 2 N–H and O–H groups in total. The highest BCUT2D eigenvalue weighted by Crippen LogP contribution is 2.39. The van der Waals surface area contributed by atoms with Gasteiger partial charge in [-0.2, -0.15) is 10.5 Å². The first-order valence-electron chi connectivity index (χ1n) is 9.12. The summed E-state index contributed by atoms with van der Waals surface area (Å²) < 4.78 is 4.73. The van der Waals surface area contributed by atoms with E-state index in [0.29, 0.717) is 41.4 Å². The summed E-state index contributed by atoms with van der Waals surface area (Å²) in [6.07, 6.45) is 0.431. The number of aromatic nitrogens is 1. The van der Waals surface area contributed by atoms with Gasteiger partial charge in [0.2, 0.25) is 5.91 Å². The number of thioether (sulfide) groups is 1. The lowest BCUT2D eigenvalue weighted by Gasteiger charge is -2.23. The van der Waals surface area contributed by atoms with Gasteiger partial charge in [-0.1, -0.05) is 49.0 Å². The number of ether oxygens (including phenoxy) is 1. The van der Waals surface area contributed by atoms with Gasteiger partial charge in [-0.05, 0) is 17.5 Å². The minimum atomic E-state index is -0.750. The van der Waals surface area contributed by atoms with Gasteiger partial charge in [-0.25, -0.2) is 4.98 Å². The summed E-state index contributed by atoms with van der Waals surface area (Å²) in [5.74, 6) is -0.213. The number of benzene rings is 1. The van der Waals surface area contributed by atoms with Crippen molar-refractivity contribution in [2.75, 3.05) is 25.1 Å². The van der Waals surface area contributed by atoms with Crippen molar-refractivity contribution in [3.63, 3.8) is 0 Å². The molecule has 30 heavy (non-hydrogen) atoms. The van der Waals surface area contributed by atoms with Gasteiger partial charge < -0.3 is 15.4 Å². The van der Waals surface area contributed by atoms with Gasteiger partial charge in [-0.15, -0.1) is 0 Å². The zero-order valence-electron chi connectivity index (χ0n) is 16.7. The summed E-state index contributed by atoms with van der Waals surface area (Å²) in [5.41, 5.74) is 7.40. The highest BCUT2D eigenvalue weighted by Gasteiger charge is 2.26. The molecular formula is C21H21N5O3S. The van der Waals surface area contributed by atoms with Crippen LogP contribution in [-0.2, 0) is 20.7 Å². The minimum Gasteiger partial charge on any atom is -0.466 e. The molecule has 1 aromatic heterocycles. The second-order valence-electron chi connectivity index (χ2n) is 6.25. The molecule has 0 saturated heterocycles. The topological polar surface area (TPSA) is 133 Å². The van der Waals surface area contributed by atoms with E-state index in [9.17, 15) is 20.1 Å². The summed E-state index contributed by atoms with van der Waals surface area (Å²) in [4.78, 5) is 28.8. The molecule has 0 aliphatic heterocycles. The monoisotopic (exact) mass is 423 g/mol. The zero-order chi connectivity index (χ0) is 22.1. The second kappa shape index (κ2) is 10.8. The first kappa shape index (κ1) is 22.7. The lowest BCUT2D eigenvalue weighted by atomic mass is 10.0. The van der Waals surface area contributed by atoms with Gasteiger partial charge >= 0.3 is 0 Å². The maximum Gasteiger partial charge on any atom is 0.293 e. The van der Waals surface area contributed by atoms with E-state index in [1.54, 1.807) is 36.2 Å². The molecule has 0 fully saturated rings. The summed E-state index contributed by atoms with van der Waals surface area (Å²) >= 11 is 1.08. The molecule has 0 aliphatic carbocycles. The second-order valence-corrected chi connectivity index (χ2v) is 7.34. The van der Waals surface area contributed by atoms with E-state index in [1.807, 2.05) is 13.0 Å². The third-order valence-electron chi connectivity index (χ3n) is 4.39. The highest BCUT2D eigenvalue weighted by atomic mass is 32.2. The van der Waals surface area contributed by atoms with E-state index in [2.05, 4.69) is 17.1 Å². The highest BCUT2D eigenvalue weighted by molar-refractivity contribution is 8.00. The van der Waals surface area contributed by atoms with Gasteiger partial charge in [0.15, 0.2) is 0 Å². The van der Waals surface area contributed by atoms with Crippen LogP contribution in [-0.4, -0.2) is 37.6 Å². The molecule has 0 aliphatic rings. The Kier molecular flexibility index (Phi) is 8.21. The lowest BCUT2D eigenvalue weighted by Crippen LogP contribution is -2.25. The van der Waals surface area contributed by atoms with Crippen molar-refractivity contribution < 1.29 is 14.3 Å². The van der Waals surface area contributed by atoms with Crippen LogP contribution in [0.25, 0.3) is 0 Å². The number of nitrogens with zero attached hydrogens (tertiary/aromatic N) is 4. The molecule has 154 valence electrons. The Labute approximate surface area is 179 Å². The summed E-state index contributed by atoms with van der Waals surface area (Å²) in [6.45, 7) is 2.61. The largest absolute Gasteiger partial charge is 0.466 e. The lowest BCUT2D eigenvalue weighted by molar-refractivity contribution is -0.128. The Balaban J connectivity index is 2.58. The average Bonchev–Trinajstić information content (AvgIpc) is 2.76. The number of carbonyl (C=O) groups is 2. The number of rotatable bonds is 10. The number of anilines is 1. The minimum absolute atomic E-state index is 0.115. The first-order chi connectivity index (χ1) is 14.5. The van der Waals surface area contributed by atoms with Crippen molar-refractivity contribution in [1.82, 2.24) is 4.98 Å². The maximum absolute atomic E-state index is 12.2. The quantitative estimate of drug-likeness (QED) is 0.350. The first-order valence-corrected chi connectivity index (χ1v) is 10.0. The van der Waals surface area contributed by atoms with Crippen LogP contribution in [0.4, 0.5) is 5.82 Å². The van der Waals surface area contributed by atoms with Crippen molar-refractivity contribution in [2.24, 2.45) is 5.73 Å². The van der Waals surface area contributed by atoms with Gasteiger partial charge in [0.05, 0.1) is 17.7 Å². The number of carbonyl (C=O) groups excluding carboxylic acids is 2. The molecule has 2 aromatic rings. The molecular weight excluding hydrogens is 402 g/mol. The van der Waals surface area contributed by atoms with E-state index in [4.69, 9.17) is 10.5 Å². The number of hydrogen-bond donors (Lipinski definition) is 1. The van der Waals surface area contributed by atoms with Gasteiger partial charge in [0, 0.05) is 7.05 Å². The predicted octanol–water partition coefficient (Wildman–Crippen LogP) is 2.32. The fraction of sp³-hybridized carbons (Fsp3) is 0.286. The van der Waals surface area contributed by atoms with Gasteiger partial charge in [-0.3, -0.25) is 9.59 Å². The number of pyridine rings is 1. The van der Waals surface area contributed by atoms with Crippen LogP contribution in [0.5, 0.6) is 0 Å². The van der Waals surface area contributed by atoms with Gasteiger partial charge in [0.25, 0.3) is 6.47 Å². The SMILES string of the molecule is CCc1c(C#N)c(SC(C(N)=O)c2ccccc2)nc(N(C)CCOC=O)c1C#N. The van der Waals surface area contributed by atoms with Crippen molar-refractivity contribution in [2.45, 2.75) is 23.6 Å². The Morgan fingerprint density at radius 3 is 2.50 bits per heavy atom. The van der Waals surface area contributed by atoms with Crippen LogP contribution >= 0.6 is 11.8 Å². The molecule has 9 heteroatoms. The number of hydrogen-bond acceptors (Lipinski definition) is 8. The Hall–Kier alpha value is -3.56. The van der Waals surface area contributed by atoms with Crippen molar-refractivity contribution in [3.8, 4) is 12.1 Å². The smallest absolute Gasteiger partial charge is 0.293 e. The number of nitriles is 2. The van der Waals surface area contributed by atoms with E-state index in [-0.39, 0.29) is 17.7 Å². The predicted molar refractivity (Wildman–Crippen MR) is 113 cm³/mol. The normalized spacial score (nSPS) is 11.1. The van der Waals surface area contributed by atoms with E-state index >= 15 is 0 Å². The van der Waals surface area contributed by atoms with Crippen LogP contribution in [0.1, 0.15) is 34.4 Å². The number of nitrogens with two attached hydrogens (primary N) is 1. The number of amides is 1. The fourth-order valence-corrected chi connectivity index (χ4v) is 3.98. The molecule has 1 amide bonds. The van der Waals surface area contributed by atoms with Crippen LogP contribution in [0, 0.1) is 22.7 Å². The molecule has 1 unspecified atom stereocenters. The summed E-state index contributed by atoms with van der Waals surface area (Å²) in [6, 6.07) is 13.2. The third-order valence-corrected chi connectivity index (χ3v) is 5.65. The van der Waals surface area contributed by atoms with Crippen LogP contribution in [0.15, 0.2) is 35.4 Å². The van der Waals surface area contributed by atoms with Crippen molar-refractivity contribution in [1.29, 1.82) is 10.5 Å². The van der Waals surface area contributed by atoms with Crippen LogP contribution in [0.3, 0.4) is 0 Å². The standard InChI is InChI=1S/C21H21N5O3S/c1-3-15-16(11-22)20(26(2)9-10-29-13-27)25-21(17(15)12-23)30-18(19(24)28)14-7-5-4-6-8-14/h4-8,13,18H,3,9-10H2,1-2H3,(H2,24,28). The fourth-order valence-electron chi connectivity index (χ4n) is 2.92. The molecule has 0 saturated carbocycles. The van der Waals surface area contributed by atoms with E-state index < -0.39 is 11.2 Å². The van der Waals surface area contributed by atoms with Crippen molar-refractivity contribution in [3.05, 3.63) is 52.6 Å². The number of likely N-dealkylation sites (N-methyl/N-ethyl adjacent to an activating group) is 1. The van der Waals surface area contributed by atoms with Crippen LogP contribution in [0.2, 0.25) is 0 Å². The average molecular weight is 423 g/mol. The Bertz CT molecular complexity index is 998. The number of primary amides is 1. The summed E-state index contributed by atoms with van der Waals surface area (Å²) in [5, 5.41) is 19.1. The molecule has 1 atom stereocenters. The maximum atomic E-state index is 12.2. The molecule has 8 nitrogen and oxygen atoms in total. The molecule has 1 aromatic carbocycles. The van der Waals surface area contributed by atoms with E-state index in [1.165, 1.54) is 0 Å². The molecule has 2 rings (SSSR count). The van der Waals surface area contributed by atoms with Crippen molar-refractivity contribution >= 4 is 30.0 Å². The zero-order valence-corrected chi connectivity index (χ0v) is 17.5. The van der Waals surface area contributed by atoms with Gasteiger partial charge in [0.1, 0.15) is 34.8 Å². The summed E-state index contributed by atoms with van der Waals surface area (Å²) in [7, 11) is 1.71. The third kappa shape index (κ3) is 5.07. The Morgan fingerprint density at radius 1 is 1.30 bits per heavy atom. The van der Waals surface area contributed by atoms with E-state index in [0.717, 1.165) is 11.8 Å².